The zero-order valence-electron chi connectivity index (χ0n) is 15.5. The van der Waals surface area contributed by atoms with E-state index < -0.39 is 11.9 Å². The number of carbonyl (C=O) groups excluding carboxylic acids is 2. The Kier molecular flexibility index (Phi) is 5.56. The Morgan fingerprint density at radius 3 is 2.41 bits per heavy atom. The van der Waals surface area contributed by atoms with Crippen molar-refractivity contribution >= 4 is 17.6 Å². The summed E-state index contributed by atoms with van der Waals surface area (Å²) in [5.74, 6) is -0.291. The molecule has 0 N–H and O–H groups in total. The lowest BCUT2D eigenvalue weighted by atomic mass is 10.1. The molecule has 8 heteroatoms. The molecule has 0 bridgehead atoms. The molecule has 0 spiro atoms. The highest BCUT2D eigenvalue weighted by Gasteiger charge is 2.32. The van der Waals surface area contributed by atoms with Crippen molar-refractivity contribution in [3.05, 3.63) is 53.8 Å². The predicted octanol–water partition coefficient (Wildman–Crippen LogP) is 1.83. The van der Waals surface area contributed by atoms with Crippen molar-refractivity contribution in [2.75, 3.05) is 32.5 Å². The molecule has 1 aromatic carbocycles. The van der Waals surface area contributed by atoms with Crippen LogP contribution in [0, 0.1) is 0 Å². The van der Waals surface area contributed by atoms with Gasteiger partial charge in [-0.1, -0.05) is 6.92 Å². The van der Waals surface area contributed by atoms with E-state index in [-0.39, 0.29) is 24.6 Å². The normalized spacial score (nSPS) is 14.3. The molecule has 142 valence electrons. The molecule has 0 aliphatic carbocycles. The van der Waals surface area contributed by atoms with Crippen LogP contribution in [-0.2, 0) is 30.2 Å². The van der Waals surface area contributed by atoms with Crippen molar-refractivity contribution in [3.8, 4) is 5.69 Å². The molecule has 3 rings (SSSR count). The topological polar surface area (TPSA) is 82.9 Å². The molecular formula is C19H21N3O5. The number of hydrogen-bond donors (Lipinski definition) is 0. The van der Waals surface area contributed by atoms with E-state index in [9.17, 15) is 9.59 Å². The van der Waals surface area contributed by atoms with Gasteiger partial charge in [0.15, 0.2) is 0 Å². The summed E-state index contributed by atoms with van der Waals surface area (Å²) in [6, 6.07) is 7.53. The van der Waals surface area contributed by atoms with Gasteiger partial charge in [-0.15, -0.1) is 0 Å². The van der Waals surface area contributed by atoms with E-state index in [0.717, 1.165) is 17.9 Å². The van der Waals surface area contributed by atoms with Gasteiger partial charge in [0.2, 0.25) is 0 Å². The fourth-order valence-electron chi connectivity index (χ4n) is 2.97. The summed E-state index contributed by atoms with van der Waals surface area (Å²) in [7, 11) is 2.53. The number of ether oxygens (including phenoxy) is 3. The van der Waals surface area contributed by atoms with Gasteiger partial charge in [-0.3, -0.25) is 0 Å². The van der Waals surface area contributed by atoms with Gasteiger partial charge in [0.1, 0.15) is 18.3 Å². The standard InChI is InChI=1S/C19H21N3O5/c1-4-16-20-9-10-21(16)13-5-7-14(8-6-13)22-12-27-11-15(18(23)25-2)17(22)19(24)26-3/h5-10H,4,11-12H2,1-3H3. The fraction of sp³-hybridized carbons (Fsp3) is 0.316. The number of rotatable bonds is 5. The van der Waals surface area contributed by atoms with Gasteiger partial charge in [-0.2, -0.15) is 0 Å². The Bertz CT molecular complexity index is 870. The zero-order chi connectivity index (χ0) is 19.4. The molecule has 1 aliphatic heterocycles. The number of methoxy groups -OCH3 is 2. The third-order valence-corrected chi connectivity index (χ3v) is 4.31. The van der Waals surface area contributed by atoms with Crippen LogP contribution >= 0.6 is 0 Å². The van der Waals surface area contributed by atoms with Crippen LogP contribution in [-0.4, -0.2) is 49.0 Å². The van der Waals surface area contributed by atoms with E-state index in [0.29, 0.717) is 5.69 Å². The van der Waals surface area contributed by atoms with Gasteiger partial charge in [0.05, 0.1) is 26.4 Å². The number of carbonyl (C=O) groups is 2. The summed E-state index contributed by atoms with van der Waals surface area (Å²) in [6.45, 7) is 2.15. The van der Waals surface area contributed by atoms with Crippen LogP contribution < -0.4 is 4.90 Å². The third-order valence-electron chi connectivity index (χ3n) is 4.31. The number of anilines is 1. The van der Waals surface area contributed by atoms with E-state index in [1.54, 1.807) is 11.1 Å². The first-order valence-electron chi connectivity index (χ1n) is 8.48. The second kappa shape index (κ2) is 8.05. The van der Waals surface area contributed by atoms with Gasteiger partial charge in [-0.25, -0.2) is 14.6 Å². The summed E-state index contributed by atoms with van der Waals surface area (Å²) in [6.07, 6.45) is 4.46. The molecule has 0 unspecified atom stereocenters. The lowest BCUT2D eigenvalue weighted by Gasteiger charge is -2.31. The maximum Gasteiger partial charge on any atom is 0.355 e. The molecule has 2 aromatic rings. The van der Waals surface area contributed by atoms with Gasteiger partial charge >= 0.3 is 11.9 Å². The molecule has 1 aromatic heterocycles. The van der Waals surface area contributed by atoms with Gasteiger partial charge < -0.3 is 23.7 Å². The number of benzene rings is 1. The Hall–Kier alpha value is -3.13. The number of aromatic nitrogens is 2. The Balaban J connectivity index is 1.98. The largest absolute Gasteiger partial charge is 0.466 e. The van der Waals surface area contributed by atoms with E-state index >= 15 is 0 Å². The maximum absolute atomic E-state index is 12.3. The molecule has 0 saturated carbocycles. The summed E-state index contributed by atoms with van der Waals surface area (Å²) >= 11 is 0. The van der Waals surface area contributed by atoms with Crippen LogP contribution in [0.25, 0.3) is 5.69 Å². The number of esters is 2. The molecule has 0 atom stereocenters. The van der Waals surface area contributed by atoms with Crippen molar-refractivity contribution in [2.45, 2.75) is 13.3 Å². The van der Waals surface area contributed by atoms with Crippen LogP contribution in [0.2, 0.25) is 0 Å². The number of hydrogen-bond acceptors (Lipinski definition) is 7. The first kappa shape index (κ1) is 18.7. The van der Waals surface area contributed by atoms with E-state index in [2.05, 4.69) is 4.98 Å². The molecule has 0 radical (unpaired) electrons. The summed E-state index contributed by atoms with van der Waals surface area (Å²) in [4.78, 5) is 30.3. The molecule has 8 nitrogen and oxygen atoms in total. The summed E-state index contributed by atoms with van der Waals surface area (Å²) < 4.78 is 17.1. The van der Waals surface area contributed by atoms with Crippen molar-refractivity contribution in [3.63, 3.8) is 0 Å². The summed E-state index contributed by atoms with van der Waals surface area (Å²) in [5.41, 5.74) is 1.89. The number of imidazole rings is 1. The van der Waals surface area contributed by atoms with Crippen LogP contribution in [0.1, 0.15) is 12.7 Å². The van der Waals surface area contributed by atoms with Crippen molar-refractivity contribution in [2.24, 2.45) is 0 Å². The SMILES string of the molecule is CCc1nccn1-c1ccc(N2COCC(C(=O)OC)=C2C(=O)OC)cc1. The second-order valence-electron chi connectivity index (χ2n) is 5.80. The van der Waals surface area contributed by atoms with E-state index in [1.165, 1.54) is 14.2 Å². The van der Waals surface area contributed by atoms with Crippen molar-refractivity contribution < 1.29 is 23.8 Å². The molecule has 0 saturated heterocycles. The Labute approximate surface area is 157 Å². The van der Waals surface area contributed by atoms with Crippen LogP contribution in [0.15, 0.2) is 47.9 Å². The first-order chi connectivity index (χ1) is 13.1. The minimum Gasteiger partial charge on any atom is -0.466 e. The van der Waals surface area contributed by atoms with Gasteiger partial charge in [0.25, 0.3) is 0 Å². The summed E-state index contributed by atoms with van der Waals surface area (Å²) in [5, 5.41) is 0. The smallest absolute Gasteiger partial charge is 0.355 e. The van der Waals surface area contributed by atoms with Crippen molar-refractivity contribution in [1.29, 1.82) is 0 Å². The van der Waals surface area contributed by atoms with E-state index in [1.807, 2.05) is 42.0 Å². The minimum absolute atomic E-state index is 0.0133. The predicted molar refractivity (Wildman–Crippen MR) is 97.3 cm³/mol. The monoisotopic (exact) mass is 371 g/mol. The van der Waals surface area contributed by atoms with Crippen molar-refractivity contribution in [1.82, 2.24) is 9.55 Å². The fourth-order valence-corrected chi connectivity index (χ4v) is 2.97. The van der Waals surface area contributed by atoms with Crippen LogP contribution in [0.4, 0.5) is 5.69 Å². The molecule has 0 fully saturated rings. The highest BCUT2D eigenvalue weighted by molar-refractivity contribution is 6.03. The number of aryl methyl sites for hydroxylation is 1. The average molecular weight is 371 g/mol. The van der Waals surface area contributed by atoms with Crippen LogP contribution in [0.5, 0.6) is 0 Å². The molecule has 2 heterocycles. The lowest BCUT2D eigenvalue weighted by Crippen LogP contribution is -2.38. The second-order valence-corrected chi connectivity index (χ2v) is 5.80. The Morgan fingerprint density at radius 1 is 1.11 bits per heavy atom. The van der Waals surface area contributed by atoms with Gasteiger partial charge in [-0.05, 0) is 24.3 Å². The molecule has 27 heavy (non-hydrogen) atoms. The molecular weight excluding hydrogens is 350 g/mol. The zero-order valence-corrected chi connectivity index (χ0v) is 15.5. The van der Waals surface area contributed by atoms with Crippen LogP contribution in [0.3, 0.4) is 0 Å². The third kappa shape index (κ3) is 3.56. The lowest BCUT2D eigenvalue weighted by molar-refractivity contribution is -0.140. The molecule has 0 amide bonds. The number of nitrogens with zero attached hydrogens (tertiary/aromatic N) is 3. The highest BCUT2D eigenvalue weighted by Crippen LogP contribution is 2.27. The average Bonchev–Trinajstić information content (AvgIpc) is 3.21. The highest BCUT2D eigenvalue weighted by atomic mass is 16.5. The van der Waals surface area contributed by atoms with E-state index in [4.69, 9.17) is 14.2 Å². The quantitative estimate of drug-likeness (QED) is 0.742. The minimum atomic E-state index is -0.622. The first-order valence-corrected chi connectivity index (χ1v) is 8.48. The maximum atomic E-state index is 12.3. The van der Waals surface area contributed by atoms with Gasteiger partial charge in [0, 0.05) is 30.2 Å². The molecule has 1 aliphatic rings. The Morgan fingerprint density at radius 2 is 1.78 bits per heavy atom.